The zero-order chi connectivity index (χ0) is 21.1. The van der Waals surface area contributed by atoms with Crippen molar-refractivity contribution in [2.75, 3.05) is 4.72 Å². The molecule has 30 heavy (non-hydrogen) atoms. The van der Waals surface area contributed by atoms with E-state index in [1.165, 1.54) is 12.5 Å². The monoisotopic (exact) mass is 424 g/mol. The van der Waals surface area contributed by atoms with Gasteiger partial charge in [0.15, 0.2) is 10.8 Å². The molecule has 0 spiro atoms. The molecular formula is C20H20N6O3S. The van der Waals surface area contributed by atoms with Gasteiger partial charge < -0.3 is 13.9 Å². The van der Waals surface area contributed by atoms with Crippen LogP contribution in [0, 0.1) is 0 Å². The molecule has 0 saturated heterocycles. The van der Waals surface area contributed by atoms with Gasteiger partial charge in [-0.1, -0.05) is 0 Å². The van der Waals surface area contributed by atoms with Gasteiger partial charge in [-0.25, -0.2) is 4.98 Å². The van der Waals surface area contributed by atoms with E-state index in [0.29, 0.717) is 23.1 Å². The first-order chi connectivity index (χ1) is 14.4. The predicted octanol–water partition coefficient (Wildman–Crippen LogP) is 3.64. The van der Waals surface area contributed by atoms with Gasteiger partial charge in [-0.2, -0.15) is 8.42 Å². The summed E-state index contributed by atoms with van der Waals surface area (Å²) in [4.78, 5) is 3.98. The smallest absolute Gasteiger partial charge is 0.280 e. The van der Waals surface area contributed by atoms with Crippen molar-refractivity contribution in [2.24, 2.45) is 0 Å². The van der Waals surface area contributed by atoms with Gasteiger partial charge in [0.05, 0.1) is 6.33 Å². The first kappa shape index (κ1) is 19.6. The lowest BCUT2D eigenvalue weighted by molar-refractivity contribution is 0.454. The van der Waals surface area contributed by atoms with Crippen LogP contribution in [0.15, 0.2) is 78.5 Å². The Labute approximate surface area is 174 Å². The summed E-state index contributed by atoms with van der Waals surface area (Å²) in [7, 11) is -3.77. The fraction of sp³-hybridized carbons (Fsp3) is 0.150. The minimum Gasteiger partial charge on any atom is -0.438 e. The Kier molecular flexibility index (Phi) is 5.23. The van der Waals surface area contributed by atoms with Crippen molar-refractivity contribution in [1.29, 1.82) is 0 Å². The zero-order valence-corrected chi connectivity index (χ0v) is 17.2. The number of hydrogen-bond acceptors (Lipinski definition) is 6. The molecule has 154 valence electrons. The van der Waals surface area contributed by atoms with E-state index in [2.05, 4.69) is 19.9 Å². The van der Waals surface area contributed by atoms with Crippen molar-refractivity contribution in [2.45, 2.75) is 24.9 Å². The fourth-order valence-corrected chi connectivity index (χ4v) is 3.65. The number of hydrogen-bond donors (Lipinski definition) is 1. The molecule has 3 heterocycles. The van der Waals surface area contributed by atoms with Crippen LogP contribution in [0.25, 0.3) is 5.82 Å². The highest BCUT2D eigenvalue weighted by molar-refractivity contribution is 7.92. The lowest BCUT2D eigenvalue weighted by atomic mass is 10.3. The number of ether oxygens (including phenoxy) is 1. The molecule has 0 atom stereocenters. The van der Waals surface area contributed by atoms with Crippen LogP contribution in [0.5, 0.6) is 11.6 Å². The average Bonchev–Trinajstić information content (AvgIpc) is 3.43. The largest absolute Gasteiger partial charge is 0.438 e. The maximum atomic E-state index is 12.5. The number of imidazole rings is 1. The molecule has 0 radical (unpaired) electrons. The van der Waals surface area contributed by atoms with Crippen LogP contribution in [-0.4, -0.2) is 32.7 Å². The summed E-state index contributed by atoms with van der Waals surface area (Å²) in [6, 6.07) is 13.9. The molecule has 0 aliphatic rings. The molecule has 0 saturated carbocycles. The van der Waals surface area contributed by atoms with Gasteiger partial charge in [0.25, 0.3) is 10.0 Å². The number of anilines is 1. The second-order valence-corrected chi connectivity index (χ2v) is 8.43. The maximum Gasteiger partial charge on any atom is 0.280 e. The molecule has 1 N–H and O–H groups in total. The van der Waals surface area contributed by atoms with Crippen LogP contribution < -0.4 is 9.46 Å². The SMILES string of the molecule is CC(C)n1cnc(S(=O)(=O)Nc2ccc(Oc3ccc(-n4cccc4)nn3)cc2)c1. The predicted molar refractivity (Wildman–Crippen MR) is 111 cm³/mol. The van der Waals surface area contributed by atoms with Crippen molar-refractivity contribution >= 4 is 15.7 Å². The van der Waals surface area contributed by atoms with Gasteiger partial charge in [-0.05, 0) is 56.3 Å². The van der Waals surface area contributed by atoms with Crippen molar-refractivity contribution < 1.29 is 13.2 Å². The summed E-state index contributed by atoms with van der Waals surface area (Å²) in [5.74, 6) is 1.51. The molecule has 0 aliphatic heterocycles. The topological polar surface area (TPSA) is 104 Å². The Hall–Kier alpha value is -3.66. The van der Waals surface area contributed by atoms with Gasteiger partial charge in [-0.3, -0.25) is 4.72 Å². The average molecular weight is 424 g/mol. The number of aromatic nitrogens is 5. The molecule has 3 aromatic heterocycles. The van der Waals surface area contributed by atoms with Crippen molar-refractivity contribution in [3.8, 4) is 17.4 Å². The third kappa shape index (κ3) is 4.33. The standard InChI is InChI=1S/C20H20N6O3S/c1-15(2)26-13-20(21-14-26)30(27,28)24-16-5-7-17(8-6-16)29-19-10-9-18(22-23-19)25-11-3-4-12-25/h3-15,24H,1-2H3. The number of nitrogens with one attached hydrogen (secondary N) is 1. The van der Waals surface area contributed by atoms with Crippen LogP contribution in [-0.2, 0) is 10.0 Å². The minimum absolute atomic E-state index is 0.0328. The number of rotatable bonds is 7. The molecule has 0 amide bonds. The van der Waals surface area contributed by atoms with E-state index in [-0.39, 0.29) is 11.1 Å². The molecule has 1 aromatic carbocycles. The highest BCUT2D eigenvalue weighted by atomic mass is 32.2. The Bertz CT molecular complexity index is 1210. The summed E-state index contributed by atoms with van der Waals surface area (Å²) in [5, 5.41) is 8.14. The van der Waals surface area contributed by atoms with E-state index in [1.807, 2.05) is 42.9 Å². The summed E-state index contributed by atoms with van der Waals surface area (Å²) in [6.07, 6.45) is 6.74. The van der Waals surface area contributed by atoms with Gasteiger partial charge in [-0.15, -0.1) is 10.2 Å². The maximum absolute atomic E-state index is 12.5. The normalized spacial score (nSPS) is 11.6. The first-order valence-electron chi connectivity index (χ1n) is 9.22. The van der Waals surface area contributed by atoms with Gasteiger partial charge in [0.1, 0.15) is 5.75 Å². The minimum atomic E-state index is -3.77. The van der Waals surface area contributed by atoms with Crippen LogP contribution in [0.3, 0.4) is 0 Å². The third-order valence-corrected chi connectivity index (χ3v) is 5.54. The quantitative estimate of drug-likeness (QED) is 0.486. The van der Waals surface area contributed by atoms with E-state index in [4.69, 9.17) is 4.74 Å². The van der Waals surface area contributed by atoms with E-state index in [1.54, 1.807) is 41.0 Å². The molecule has 0 bridgehead atoms. The van der Waals surface area contributed by atoms with Gasteiger partial charge in [0.2, 0.25) is 5.88 Å². The molecular weight excluding hydrogens is 404 g/mol. The Morgan fingerprint density at radius 3 is 2.33 bits per heavy atom. The molecule has 10 heteroatoms. The van der Waals surface area contributed by atoms with Gasteiger partial charge >= 0.3 is 0 Å². The van der Waals surface area contributed by atoms with Crippen molar-refractivity contribution in [3.63, 3.8) is 0 Å². The Balaban J connectivity index is 1.42. The molecule has 0 fully saturated rings. The van der Waals surface area contributed by atoms with Crippen molar-refractivity contribution in [1.82, 2.24) is 24.3 Å². The molecule has 9 nitrogen and oxygen atoms in total. The third-order valence-electron chi connectivity index (χ3n) is 4.27. The highest BCUT2D eigenvalue weighted by Gasteiger charge is 2.18. The molecule has 0 unspecified atom stereocenters. The fourth-order valence-electron chi connectivity index (χ4n) is 2.65. The van der Waals surface area contributed by atoms with Crippen LogP contribution in [0.4, 0.5) is 5.69 Å². The van der Waals surface area contributed by atoms with Crippen LogP contribution in [0.2, 0.25) is 0 Å². The summed E-state index contributed by atoms with van der Waals surface area (Å²) >= 11 is 0. The Morgan fingerprint density at radius 1 is 1.00 bits per heavy atom. The van der Waals surface area contributed by atoms with E-state index < -0.39 is 10.0 Å². The Morgan fingerprint density at radius 2 is 1.73 bits per heavy atom. The van der Waals surface area contributed by atoms with Crippen molar-refractivity contribution in [3.05, 3.63) is 73.4 Å². The lowest BCUT2D eigenvalue weighted by Gasteiger charge is -2.08. The van der Waals surface area contributed by atoms with E-state index in [9.17, 15) is 8.42 Å². The molecule has 4 rings (SSSR count). The highest BCUT2D eigenvalue weighted by Crippen LogP contribution is 2.23. The lowest BCUT2D eigenvalue weighted by Crippen LogP contribution is -2.13. The summed E-state index contributed by atoms with van der Waals surface area (Å²) in [6.45, 7) is 3.89. The summed E-state index contributed by atoms with van der Waals surface area (Å²) < 4.78 is 36.8. The van der Waals surface area contributed by atoms with Crippen LogP contribution >= 0.6 is 0 Å². The first-order valence-corrected chi connectivity index (χ1v) is 10.7. The van der Waals surface area contributed by atoms with E-state index in [0.717, 1.165) is 0 Å². The van der Waals surface area contributed by atoms with Gasteiger partial charge in [0, 0.05) is 36.4 Å². The molecule has 4 aromatic rings. The molecule has 0 aliphatic carbocycles. The second kappa shape index (κ2) is 7.99. The second-order valence-electron chi connectivity index (χ2n) is 6.80. The number of nitrogens with zero attached hydrogens (tertiary/aromatic N) is 5. The van der Waals surface area contributed by atoms with E-state index >= 15 is 0 Å². The zero-order valence-electron chi connectivity index (χ0n) is 16.4. The van der Waals surface area contributed by atoms with Crippen LogP contribution in [0.1, 0.15) is 19.9 Å². The summed E-state index contributed by atoms with van der Waals surface area (Å²) in [5.41, 5.74) is 0.399. The number of benzene rings is 1. The number of sulfonamides is 1.